The highest BCUT2D eigenvalue weighted by atomic mass is 16.7. The lowest BCUT2D eigenvalue weighted by Gasteiger charge is -2.20. The largest absolute Gasteiger partial charge is 0.454 e. The number of carbonyl (C=O) groups excluding carboxylic acids is 1. The van der Waals surface area contributed by atoms with Crippen molar-refractivity contribution in [1.82, 2.24) is 0 Å². The van der Waals surface area contributed by atoms with Gasteiger partial charge in [0.15, 0.2) is 11.5 Å². The topological polar surface area (TPSA) is 47.6 Å². The highest BCUT2D eigenvalue weighted by Gasteiger charge is 2.43. The van der Waals surface area contributed by atoms with Gasteiger partial charge in [0.2, 0.25) is 12.7 Å². The third-order valence-electron chi connectivity index (χ3n) is 4.71. The maximum Gasteiger partial charge on any atom is 0.231 e. The Morgan fingerprint density at radius 2 is 2.05 bits per heavy atom. The summed E-state index contributed by atoms with van der Waals surface area (Å²) in [5.41, 5.74) is 0.803. The normalized spacial score (nSPS) is 30.6. The standard InChI is InChI=1S/C15H17NO3/c17-15(12-6-9-1-2-10(12)5-9)16-11-3-4-13-14(7-11)19-8-18-13/h3-4,7,9-10,12H,1-2,5-6,8H2,(H,16,17)/t9-,10-,12+/m0/s1. The smallest absolute Gasteiger partial charge is 0.231 e. The van der Waals surface area contributed by atoms with E-state index in [9.17, 15) is 4.79 Å². The Morgan fingerprint density at radius 3 is 2.84 bits per heavy atom. The van der Waals surface area contributed by atoms with Crippen molar-refractivity contribution in [2.75, 3.05) is 12.1 Å². The minimum atomic E-state index is 0.172. The van der Waals surface area contributed by atoms with Crippen molar-refractivity contribution in [1.29, 1.82) is 0 Å². The van der Waals surface area contributed by atoms with Crippen LogP contribution in [0.4, 0.5) is 5.69 Å². The molecule has 0 radical (unpaired) electrons. The Hall–Kier alpha value is -1.71. The monoisotopic (exact) mass is 259 g/mol. The highest BCUT2D eigenvalue weighted by molar-refractivity contribution is 5.93. The molecule has 4 rings (SSSR count). The Kier molecular flexibility index (Phi) is 2.43. The van der Waals surface area contributed by atoms with Gasteiger partial charge in [-0.25, -0.2) is 0 Å². The second-order valence-electron chi connectivity index (χ2n) is 5.84. The number of ether oxygens (including phenoxy) is 2. The van der Waals surface area contributed by atoms with E-state index in [0.717, 1.165) is 23.8 Å². The van der Waals surface area contributed by atoms with Crippen LogP contribution in [0.1, 0.15) is 25.7 Å². The summed E-state index contributed by atoms with van der Waals surface area (Å²) in [6.45, 7) is 0.263. The molecule has 1 aliphatic heterocycles. The summed E-state index contributed by atoms with van der Waals surface area (Å²) < 4.78 is 10.6. The van der Waals surface area contributed by atoms with E-state index >= 15 is 0 Å². The van der Waals surface area contributed by atoms with Crippen LogP contribution in [0.5, 0.6) is 11.5 Å². The molecule has 0 unspecified atom stereocenters. The van der Waals surface area contributed by atoms with Crippen molar-refractivity contribution < 1.29 is 14.3 Å². The van der Waals surface area contributed by atoms with E-state index in [1.54, 1.807) is 0 Å². The lowest BCUT2D eigenvalue weighted by molar-refractivity contribution is -0.121. The van der Waals surface area contributed by atoms with E-state index in [1.807, 2.05) is 18.2 Å². The van der Waals surface area contributed by atoms with Crippen molar-refractivity contribution in [3.63, 3.8) is 0 Å². The Morgan fingerprint density at radius 1 is 1.16 bits per heavy atom. The van der Waals surface area contributed by atoms with Gasteiger partial charge in [0.25, 0.3) is 0 Å². The van der Waals surface area contributed by atoms with Crippen LogP contribution >= 0.6 is 0 Å². The third-order valence-corrected chi connectivity index (χ3v) is 4.71. The van der Waals surface area contributed by atoms with Crippen LogP contribution in [-0.2, 0) is 4.79 Å². The van der Waals surface area contributed by atoms with Gasteiger partial charge in [-0.15, -0.1) is 0 Å². The fraction of sp³-hybridized carbons (Fsp3) is 0.533. The molecule has 3 atom stereocenters. The lowest BCUT2D eigenvalue weighted by atomic mass is 9.88. The van der Waals surface area contributed by atoms with Gasteiger partial charge in [0.05, 0.1) is 0 Å². The summed E-state index contributed by atoms with van der Waals surface area (Å²) in [7, 11) is 0. The first-order chi connectivity index (χ1) is 9.29. The van der Waals surface area contributed by atoms with Gasteiger partial charge in [-0.05, 0) is 43.2 Å². The number of hydrogen-bond donors (Lipinski definition) is 1. The van der Waals surface area contributed by atoms with E-state index in [0.29, 0.717) is 11.7 Å². The fourth-order valence-corrected chi connectivity index (χ4v) is 3.78. The van der Waals surface area contributed by atoms with Gasteiger partial charge in [0, 0.05) is 17.7 Å². The quantitative estimate of drug-likeness (QED) is 0.888. The summed E-state index contributed by atoms with van der Waals surface area (Å²) in [4.78, 5) is 12.3. The predicted octanol–water partition coefficient (Wildman–Crippen LogP) is 2.79. The van der Waals surface area contributed by atoms with Crippen LogP contribution in [-0.4, -0.2) is 12.7 Å². The average molecular weight is 259 g/mol. The number of amides is 1. The van der Waals surface area contributed by atoms with Crippen LogP contribution in [0.2, 0.25) is 0 Å². The van der Waals surface area contributed by atoms with Crippen LogP contribution in [0.25, 0.3) is 0 Å². The number of hydrogen-bond acceptors (Lipinski definition) is 3. The van der Waals surface area contributed by atoms with Crippen molar-refractivity contribution in [2.45, 2.75) is 25.7 Å². The molecule has 2 saturated carbocycles. The zero-order valence-corrected chi connectivity index (χ0v) is 10.7. The molecule has 19 heavy (non-hydrogen) atoms. The summed E-state index contributed by atoms with van der Waals surface area (Å²) >= 11 is 0. The molecule has 1 aromatic rings. The molecule has 3 aliphatic rings. The lowest BCUT2D eigenvalue weighted by Crippen LogP contribution is -2.27. The maximum atomic E-state index is 12.3. The molecule has 100 valence electrons. The number of carbonyl (C=O) groups is 1. The van der Waals surface area contributed by atoms with Crippen LogP contribution < -0.4 is 14.8 Å². The molecule has 1 aromatic carbocycles. The number of benzene rings is 1. The molecule has 2 bridgehead atoms. The molecule has 4 heteroatoms. The summed E-state index contributed by atoms with van der Waals surface area (Å²) in [5.74, 6) is 3.25. The number of anilines is 1. The average Bonchev–Trinajstić information content (AvgIpc) is 3.13. The van der Waals surface area contributed by atoms with Gasteiger partial charge >= 0.3 is 0 Å². The molecule has 1 heterocycles. The summed E-state index contributed by atoms with van der Waals surface area (Å²) in [6.07, 6.45) is 4.86. The first kappa shape index (κ1) is 11.1. The zero-order valence-electron chi connectivity index (χ0n) is 10.7. The van der Waals surface area contributed by atoms with E-state index in [-0.39, 0.29) is 18.6 Å². The SMILES string of the molecule is O=C(Nc1ccc2c(c1)OCO2)[C@@H]1C[C@H]2CC[C@H]1C2. The summed E-state index contributed by atoms with van der Waals surface area (Å²) in [5, 5.41) is 3.02. The van der Waals surface area contributed by atoms with Gasteiger partial charge in [0.1, 0.15) is 0 Å². The summed E-state index contributed by atoms with van der Waals surface area (Å²) in [6, 6.07) is 5.56. The molecule has 1 amide bonds. The first-order valence-corrected chi connectivity index (χ1v) is 7.00. The Bertz CT molecular complexity index is 528. The minimum absolute atomic E-state index is 0.172. The van der Waals surface area contributed by atoms with E-state index in [1.165, 1.54) is 19.3 Å². The number of nitrogens with one attached hydrogen (secondary N) is 1. The molecule has 0 saturated heterocycles. The molecular weight excluding hydrogens is 242 g/mol. The second-order valence-corrected chi connectivity index (χ2v) is 5.84. The molecule has 0 aromatic heterocycles. The Balaban J connectivity index is 1.48. The zero-order chi connectivity index (χ0) is 12.8. The Labute approximate surface area is 112 Å². The van der Waals surface area contributed by atoms with E-state index in [2.05, 4.69) is 5.32 Å². The van der Waals surface area contributed by atoms with E-state index < -0.39 is 0 Å². The van der Waals surface area contributed by atoms with Crippen LogP contribution in [0.3, 0.4) is 0 Å². The molecule has 2 fully saturated rings. The third kappa shape index (κ3) is 1.86. The number of fused-ring (bicyclic) bond motifs is 3. The van der Waals surface area contributed by atoms with Crippen molar-refractivity contribution in [3.05, 3.63) is 18.2 Å². The van der Waals surface area contributed by atoms with Crippen LogP contribution in [0, 0.1) is 17.8 Å². The van der Waals surface area contributed by atoms with Crippen molar-refractivity contribution in [2.24, 2.45) is 17.8 Å². The maximum absolute atomic E-state index is 12.3. The van der Waals surface area contributed by atoms with Gasteiger partial charge < -0.3 is 14.8 Å². The van der Waals surface area contributed by atoms with Gasteiger partial charge in [-0.1, -0.05) is 6.42 Å². The fourth-order valence-electron chi connectivity index (χ4n) is 3.78. The highest BCUT2D eigenvalue weighted by Crippen LogP contribution is 2.48. The number of rotatable bonds is 2. The minimum Gasteiger partial charge on any atom is -0.454 e. The second kappa shape index (κ2) is 4.15. The van der Waals surface area contributed by atoms with Crippen molar-refractivity contribution >= 4 is 11.6 Å². The first-order valence-electron chi connectivity index (χ1n) is 7.00. The van der Waals surface area contributed by atoms with Crippen molar-refractivity contribution in [3.8, 4) is 11.5 Å². The molecule has 1 N–H and O–H groups in total. The van der Waals surface area contributed by atoms with E-state index in [4.69, 9.17) is 9.47 Å². The van der Waals surface area contributed by atoms with Crippen LogP contribution in [0.15, 0.2) is 18.2 Å². The van der Waals surface area contributed by atoms with Gasteiger partial charge in [-0.2, -0.15) is 0 Å². The molecular formula is C15H17NO3. The molecule has 0 spiro atoms. The predicted molar refractivity (Wildman–Crippen MR) is 70.1 cm³/mol. The van der Waals surface area contributed by atoms with Gasteiger partial charge in [-0.3, -0.25) is 4.79 Å². The molecule has 2 aliphatic carbocycles. The molecule has 4 nitrogen and oxygen atoms in total.